The van der Waals surface area contributed by atoms with Crippen LogP contribution in [0.5, 0.6) is 0 Å². The maximum Gasteiger partial charge on any atom is 0.0685 e. The summed E-state index contributed by atoms with van der Waals surface area (Å²) in [5.74, 6) is 7.90. The highest BCUT2D eigenvalue weighted by atomic mass is 32.2. The molecule has 3 N–H and O–H groups in total. The van der Waals surface area contributed by atoms with Gasteiger partial charge in [0.25, 0.3) is 0 Å². The minimum Gasteiger partial charge on any atom is -0.375 e. The Bertz CT molecular complexity index is 349. The van der Waals surface area contributed by atoms with Gasteiger partial charge in [0.2, 0.25) is 0 Å². The number of hydrogen-bond donors (Lipinski definition) is 2. The van der Waals surface area contributed by atoms with E-state index in [1.54, 1.807) is 0 Å². The molecule has 0 bridgehead atoms. The molecule has 0 amide bonds. The summed E-state index contributed by atoms with van der Waals surface area (Å²) in [6.07, 6.45) is 7.60. The van der Waals surface area contributed by atoms with Crippen LogP contribution in [0.3, 0.4) is 0 Å². The standard InChI is InChI=1S/C16H30N2OS2/c1-11-12(2)21-14(10-20-11)15(18-17)13-5-8-19-16(9-13)6-3-4-7-16/h11-15,18H,3-10,17H2,1-2H3. The van der Waals surface area contributed by atoms with E-state index in [0.29, 0.717) is 17.2 Å². The second kappa shape index (κ2) is 7.00. The molecule has 2 heterocycles. The van der Waals surface area contributed by atoms with Crippen molar-refractivity contribution in [3.63, 3.8) is 0 Å². The van der Waals surface area contributed by atoms with Crippen molar-refractivity contribution in [3.8, 4) is 0 Å². The molecule has 5 unspecified atom stereocenters. The van der Waals surface area contributed by atoms with E-state index in [1.807, 2.05) is 0 Å². The minimum absolute atomic E-state index is 0.198. The monoisotopic (exact) mass is 330 g/mol. The van der Waals surface area contributed by atoms with Gasteiger partial charge < -0.3 is 4.74 Å². The molecule has 0 aromatic carbocycles. The fourth-order valence-electron chi connectivity index (χ4n) is 4.28. The smallest absolute Gasteiger partial charge is 0.0685 e. The maximum absolute atomic E-state index is 6.20. The Labute approximate surface area is 137 Å². The Morgan fingerprint density at radius 3 is 2.67 bits per heavy atom. The lowest BCUT2D eigenvalue weighted by Gasteiger charge is -2.45. The fourth-order valence-corrected chi connectivity index (χ4v) is 7.48. The molecule has 0 aromatic heterocycles. The summed E-state index contributed by atoms with van der Waals surface area (Å²) in [6.45, 7) is 5.65. The highest BCUT2D eigenvalue weighted by Gasteiger charge is 2.44. The van der Waals surface area contributed by atoms with Gasteiger partial charge in [0.15, 0.2) is 0 Å². The van der Waals surface area contributed by atoms with Gasteiger partial charge in [-0.15, -0.1) is 0 Å². The minimum atomic E-state index is 0.198. The molecule has 5 heteroatoms. The Morgan fingerprint density at radius 2 is 2.00 bits per heavy atom. The predicted octanol–water partition coefficient (Wildman–Crippen LogP) is 3.18. The van der Waals surface area contributed by atoms with Crippen molar-refractivity contribution in [1.29, 1.82) is 0 Å². The SMILES string of the molecule is CC1SCC(C(NN)C2CCOC3(CCCC3)C2)SC1C. The first-order valence-electron chi connectivity index (χ1n) is 8.51. The average molecular weight is 331 g/mol. The van der Waals surface area contributed by atoms with Crippen LogP contribution in [0.2, 0.25) is 0 Å². The lowest BCUT2D eigenvalue weighted by Crippen LogP contribution is -2.54. The van der Waals surface area contributed by atoms with E-state index in [-0.39, 0.29) is 5.60 Å². The molecule has 122 valence electrons. The van der Waals surface area contributed by atoms with Crippen molar-refractivity contribution in [1.82, 2.24) is 5.43 Å². The van der Waals surface area contributed by atoms with Gasteiger partial charge in [-0.1, -0.05) is 26.7 Å². The number of rotatable bonds is 3. The molecular formula is C16H30N2OS2. The average Bonchev–Trinajstić information content (AvgIpc) is 2.91. The second-order valence-electron chi connectivity index (χ2n) is 7.10. The molecule has 0 radical (unpaired) electrons. The number of ether oxygens (including phenoxy) is 1. The zero-order chi connectivity index (χ0) is 14.9. The topological polar surface area (TPSA) is 47.3 Å². The molecule has 3 fully saturated rings. The van der Waals surface area contributed by atoms with Crippen LogP contribution in [0.1, 0.15) is 52.4 Å². The molecule has 1 saturated carbocycles. The van der Waals surface area contributed by atoms with Crippen molar-refractivity contribution >= 4 is 23.5 Å². The van der Waals surface area contributed by atoms with Crippen molar-refractivity contribution in [2.24, 2.45) is 11.8 Å². The van der Waals surface area contributed by atoms with Crippen LogP contribution in [-0.4, -0.2) is 39.8 Å². The van der Waals surface area contributed by atoms with Crippen LogP contribution in [0, 0.1) is 5.92 Å². The molecule has 1 spiro atoms. The van der Waals surface area contributed by atoms with Crippen LogP contribution in [0.15, 0.2) is 0 Å². The quantitative estimate of drug-likeness (QED) is 0.615. The Morgan fingerprint density at radius 1 is 1.24 bits per heavy atom. The Kier molecular flexibility index (Phi) is 5.48. The molecule has 1 aliphatic carbocycles. The molecule has 3 rings (SSSR count). The normalized spacial score (nSPS) is 41.3. The molecule has 5 atom stereocenters. The summed E-state index contributed by atoms with van der Waals surface area (Å²) in [5.41, 5.74) is 3.39. The molecule has 2 aliphatic heterocycles. The summed E-state index contributed by atoms with van der Waals surface area (Å²) < 4.78 is 6.20. The van der Waals surface area contributed by atoms with Gasteiger partial charge in [-0.25, -0.2) is 0 Å². The summed E-state index contributed by atoms with van der Waals surface area (Å²) in [7, 11) is 0. The zero-order valence-corrected chi connectivity index (χ0v) is 15.0. The first kappa shape index (κ1) is 16.4. The third-order valence-corrected chi connectivity index (χ3v) is 9.24. The van der Waals surface area contributed by atoms with Gasteiger partial charge in [0.05, 0.1) is 5.60 Å². The molecular weight excluding hydrogens is 300 g/mol. The van der Waals surface area contributed by atoms with Gasteiger partial charge in [0.1, 0.15) is 0 Å². The zero-order valence-electron chi connectivity index (χ0n) is 13.3. The summed E-state index contributed by atoms with van der Waals surface area (Å²) in [4.78, 5) is 0. The molecule has 2 saturated heterocycles. The van der Waals surface area contributed by atoms with Crippen LogP contribution < -0.4 is 11.3 Å². The lowest BCUT2D eigenvalue weighted by molar-refractivity contribution is -0.0977. The molecule has 3 aliphatic rings. The molecule has 0 aromatic rings. The number of hydrogen-bond acceptors (Lipinski definition) is 5. The molecule has 3 nitrogen and oxygen atoms in total. The third kappa shape index (κ3) is 3.57. The maximum atomic E-state index is 6.20. The van der Waals surface area contributed by atoms with Gasteiger partial charge in [0, 0.05) is 34.2 Å². The number of thioether (sulfide) groups is 2. The van der Waals surface area contributed by atoms with E-state index in [1.165, 1.54) is 44.3 Å². The van der Waals surface area contributed by atoms with Crippen LogP contribution in [-0.2, 0) is 4.74 Å². The van der Waals surface area contributed by atoms with Crippen LogP contribution in [0.25, 0.3) is 0 Å². The summed E-state index contributed by atoms with van der Waals surface area (Å²) >= 11 is 4.27. The predicted molar refractivity (Wildman–Crippen MR) is 93.7 cm³/mol. The van der Waals surface area contributed by atoms with Crippen molar-refractivity contribution < 1.29 is 4.74 Å². The first-order valence-corrected chi connectivity index (χ1v) is 10.5. The number of hydrazine groups is 1. The highest BCUT2D eigenvalue weighted by Crippen LogP contribution is 2.45. The lowest BCUT2D eigenvalue weighted by atomic mass is 9.80. The van der Waals surface area contributed by atoms with Gasteiger partial charge in [-0.3, -0.25) is 11.3 Å². The van der Waals surface area contributed by atoms with Gasteiger partial charge >= 0.3 is 0 Å². The third-order valence-electron chi connectivity index (χ3n) is 5.72. The Hall–Kier alpha value is 0.580. The fraction of sp³-hybridized carbons (Fsp3) is 1.00. The van der Waals surface area contributed by atoms with Gasteiger partial charge in [-0.2, -0.15) is 23.5 Å². The van der Waals surface area contributed by atoms with Gasteiger partial charge in [-0.05, 0) is 31.6 Å². The van der Waals surface area contributed by atoms with E-state index in [2.05, 4.69) is 42.8 Å². The van der Waals surface area contributed by atoms with E-state index in [4.69, 9.17) is 10.6 Å². The van der Waals surface area contributed by atoms with Crippen molar-refractivity contribution in [3.05, 3.63) is 0 Å². The number of nitrogens with one attached hydrogen (secondary N) is 1. The van der Waals surface area contributed by atoms with E-state index in [9.17, 15) is 0 Å². The van der Waals surface area contributed by atoms with Crippen molar-refractivity contribution in [2.75, 3.05) is 12.4 Å². The van der Waals surface area contributed by atoms with Crippen LogP contribution >= 0.6 is 23.5 Å². The first-order chi connectivity index (χ1) is 10.1. The van der Waals surface area contributed by atoms with E-state index < -0.39 is 0 Å². The van der Waals surface area contributed by atoms with E-state index >= 15 is 0 Å². The summed E-state index contributed by atoms with van der Waals surface area (Å²) in [5, 5.41) is 2.14. The van der Waals surface area contributed by atoms with E-state index in [0.717, 1.165) is 17.1 Å². The number of nitrogens with two attached hydrogens (primary N) is 1. The highest BCUT2D eigenvalue weighted by molar-refractivity contribution is 8.07. The van der Waals surface area contributed by atoms with Crippen LogP contribution in [0.4, 0.5) is 0 Å². The Balaban J connectivity index is 1.65. The summed E-state index contributed by atoms with van der Waals surface area (Å²) in [6, 6.07) is 0.443. The second-order valence-corrected chi connectivity index (χ2v) is 10.1. The largest absolute Gasteiger partial charge is 0.375 e. The van der Waals surface area contributed by atoms with Crippen molar-refractivity contribution in [2.45, 2.75) is 79.8 Å². The molecule has 21 heavy (non-hydrogen) atoms.